The number of carbonyl (C=O) groups excluding carboxylic acids is 2. The summed E-state index contributed by atoms with van der Waals surface area (Å²) in [5.41, 5.74) is 2.35. The molecule has 2 aliphatic rings. The van der Waals surface area contributed by atoms with Gasteiger partial charge in [0.15, 0.2) is 6.10 Å². The topological polar surface area (TPSA) is 62.7 Å². The number of carbonyl (C=O) groups is 2. The summed E-state index contributed by atoms with van der Waals surface area (Å²) < 4.78 is 0. The first-order chi connectivity index (χ1) is 16.9. The van der Waals surface area contributed by atoms with Gasteiger partial charge in [-0.15, -0.1) is 0 Å². The number of hydroxylamine groups is 1. The van der Waals surface area contributed by atoms with Gasteiger partial charge in [0.2, 0.25) is 5.91 Å². The molecule has 3 aromatic carbocycles. The van der Waals surface area contributed by atoms with Gasteiger partial charge in [-0.25, -0.2) is 14.9 Å². The summed E-state index contributed by atoms with van der Waals surface area (Å²) in [7, 11) is 0. The van der Waals surface area contributed by atoms with E-state index in [9.17, 15) is 9.59 Å². The molecule has 2 saturated heterocycles. The van der Waals surface area contributed by atoms with Gasteiger partial charge in [0.1, 0.15) is 11.1 Å². The molecule has 0 radical (unpaired) electrons. The largest absolute Gasteiger partial charge is 0.273 e. The van der Waals surface area contributed by atoms with Gasteiger partial charge in [0.05, 0.1) is 33.0 Å². The van der Waals surface area contributed by atoms with Crippen LogP contribution in [0.25, 0.3) is 10.9 Å². The van der Waals surface area contributed by atoms with E-state index in [1.807, 2.05) is 60.7 Å². The molecule has 0 N–H and O–H groups in total. The molecule has 0 spiro atoms. The molecule has 0 bridgehead atoms. The minimum absolute atomic E-state index is 0.243. The van der Waals surface area contributed by atoms with Crippen molar-refractivity contribution in [2.75, 3.05) is 9.96 Å². The van der Waals surface area contributed by atoms with E-state index in [0.717, 1.165) is 15.8 Å². The SMILES string of the molecule is O=C1[C@@H]2[C@@H](c3cc4ccccc4nc3Cl)N(c3ccccc3)O[C@H]2C(=O)N1c1ccc(Cl)c(Cl)c1. The van der Waals surface area contributed by atoms with Gasteiger partial charge in [0, 0.05) is 10.9 Å². The Morgan fingerprint density at radius 1 is 0.771 bits per heavy atom. The third-order valence-electron chi connectivity index (χ3n) is 6.31. The third-order valence-corrected chi connectivity index (χ3v) is 7.35. The maximum absolute atomic E-state index is 13.8. The van der Waals surface area contributed by atoms with Gasteiger partial charge in [-0.1, -0.05) is 71.2 Å². The highest BCUT2D eigenvalue weighted by molar-refractivity contribution is 6.42. The fraction of sp³-hybridized carbons (Fsp3) is 0.115. The monoisotopic (exact) mass is 523 g/mol. The molecule has 6 nitrogen and oxygen atoms in total. The molecule has 9 heteroatoms. The molecule has 4 aromatic rings. The normalized spacial score (nSPS) is 21.7. The highest BCUT2D eigenvalue weighted by Gasteiger charge is 2.60. The number of halogens is 3. The minimum atomic E-state index is -1.04. The zero-order chi connectivity index (χ0) is 24.3. The van der Waals surface area contributed by atoms with E-state index in [1.165, 1.54) is 6.07 Å². The van der Waals surface area contributed by atoms with Crippen LogP contribution in [0.5, 0.6) is 0 Å². The summed E-state index contributed by atoms with van der Waals surface area (Å²) in [4.78, 5) is 39.1. The second-order valence-corrected chi connectivity index (χ2v) is 9.50. The van der Waals surface area contributed by atoms with Crippen molar-refractivity contribution >= 4 is 68.9 Å². The lowest BCUT2D eigenvalue weighted by Gasteiger charge is -2.29. The number of pyridine rings is 1. The van der Waals surface area contributed by atoms with Crippen LogP contribution in [0.15, 0.2) is 78.9 Å². The lowest BCUT2D eigenvalue weighted by Crippen LogP contribution is -2.37. The lowest BCUT2D eigenvalue weighted by molar-refractivity contribution is -0.126. The van der Waals surface area contributed by atoms with Crippen LogP contribution < -0.4 is 9.96 Å². The zero-order valence-electron chi connectivity index (χ0n) is 17.9. The standard InChI is InChI=1S/C26H16Cl3N3O3/c27-18-11-10-16(13-19(18)28)31-25(33)21-22(17-12-14-6-4-5-9-20(14)30-24(17)29)32(35-23(21)26(31)34)15-7-2-1-3-8-15/h1-13,21-23H/t21-,22-,23-/m1/s1. The Hall–Kier alpha value is -3.16. The molecule has 0 saturated carbocycles. The lowest BCUT2D eigenvalue weighted by atomic mass is 9.90. The number of imide groups is 1. The first kappa shape index (κ1) is 22.3. The second-order valence-electron chi connectivity index (χ2n) is 8.33. The third kappa shape index (κ3) is 3.56. The molecule has 35 heavy (non-hydrogen) atoms. The van der Waals surface area contributed by atoms with E-state index in [4.69, 9.17) is 39.6 Å². The van der Waals surface area contributed by atoms with Crippen molar-refractivity contribution in [2.45, 2.75) is 12.1 Å². The molecule has 0 unspecified atom stereocenters. The number of benzene rings is 3. The van der Waals surface area contributed by atoms with Crippen molar-refractivity contribution in [3.05, 3.63) is 99.6 Å². The smallest absolute Gasteiger partial charge is 0.266 e. The van der Waals surface area contributed by atoms with Crippen LogP contribution in [0.2, 0.25) is 15.2 Å². The van der Waals surface area contributed by atoms with Crippen molar-refractivity contribution < 1.29 is 14.4 Å². The summed E-state index contributed by atoms with van der Waals surface area (Å²) in [6.45, 7) is 0. The minimum Gasteiger partial charge on any atom is -0.273 e. The number of hydrogen-bond acceptors (Lipinski definition) is 5. The second kappa shape index (κ2) is 8.50. The number of nitrogens with zero attached hydrogens (tertiary/aromatic N) is 3. The Labute approximate surface area is 215 Å². The number of fused-ring (bicyclic) bond motifs is 2. The van der Waals surface area contributed by atoms with Crippen LogP contribution in [0.1, 0.15) is 11.6 Å². The fourth-order valence-electron chi connectivity index (χ4n) is 4.72. The predicted molar refractivity (Wildman–Crippen MR) is 136 cm³/mol. The summed E-state index contributed by atoms with van der Waals surface area (Å²) >= 11 is 18.9. The number of rotatable bonds is 3. The molecule has 2 amide bonds. The van der Waals surface area contributed by atoms with Gasteiger partial charge in [-0.2, -0.15) is 0 Å². The average Bonchev–Trinajstić information content (AvgIpc) is 3.37. The zero-order valence-corrected chi connectivity index (χ0v) is 20.2. The Kier molecular flexibility index (Phi) is 5.42. The molecule has 6 rings (SSSR count). The van der Waals surface area contributed by atoms with E-state index in [0.29, 0.717) is 22.0 Å². The number of amides is 2. The number of aromatic nitrogens is 1. The van der Waals surface area contributed by atoms with Crippen molar-refractivity contribution in [1.29, 1.82) is 0 Å². The van der Waals surface area contributed by atoms with Crippen LogP contribution >= 0.6 is 34.8 Å². The molecule has 1 aromatic heterocycles. The summed E-state index contributed by atoms with van der Waals surface area (Å²) in [5.74, 6) is -1.74. The Balaban J connectivity index is 1.49. The van der Waals surface area contributed by atoms with Gasteiger partial charge in [-0.3, -0.25) is 14.4 Å². The number of anilines is 2. The van der Waals surface area contributed by atoms with E-state index >= 15 is 0 Å². The number of para-hydroxylation sites is 2. The van der Waals surface area contributed by atoms with Crippen molar-refractivity contribution in [2.24, 2.45) is 5.92 Å². The highest BCUT2D eigenvalue weighted by atomic mass is 35.5. The molecule has 0 aliphatic carbocycles. The summed E-state index contributed by atoms with van der Waals surface area (Å²) in [6, 6.07) is 22.7. The maximum atomic E-state index is 13.8. The van der Waals surface area contributed by atoms with Gasteiger partial charge >= 0.3 is 0 Å². The van der Waals surface area contributed by atoms with E-state index in [1.54, 1.807) is 17.2 Å². The van der Waals surface area contributed by atoms with Crippen molar-refractivity contribution in [3.8, 4) is 0 Å². The van der Waals surface area contributed by atoms with E-state index in [-0.39, 0.29) is 10.2 Å². The molecule has 174 valence electrons. The first-order valence-corrected chi connectivity index (χ1v) is 12.0. The maximum Gasteiger partial charge on any atom is 0.266 e. The van der Waals surface area contributed by atoms with E-state index in [2.05, 4.69) is 4.98 Å². The van der Waals surface area contributed by atoms with Crippen molar-refractivity contribution in [3.63, 3.8) is 0 Å². The Morgan fingerprint density at radius 2 is 1.51 bits per heavy atom. The van der Waals surface area contributed by atoms with Crippen LogP contribution in [-0.4, -0.2) is 22.9 Å². The molecule has 2 aliphatic heterocycles. The average molecular weight is 525 g/mol. The Morgan fingerprint density at radius 3 is 2.29 bits per heavy atom. The van der Waals surface area contributed by atoms with Crippen LogP contribution in [-0.2, 0) is 14.4 Å². The van der Waals surface area contributed by atoms with Crippen LogP contribution in [0, 0.1) is 5.92 Å². The first-order valence-electron chi connectivity index (χ1n) is 10.8. The molecular weight excluding hydrogens is 509 g/mol. The quantitative estimate of drug-likeness (QED) is 0.234. The Bertz CT molecular complexity index is 1500. The van der Waals surface area contributed by atoms with E-state index < -0.39 is 29.9 Å². The molecular formula is C26H16Cl3N3O3. The van der Waals surface area contributed by atoms with Crippen LogP contribution in [0.4, 0.5) is 11.4 Å². The molecule has 3 heterocycles. The molecule has 2 fully saturated rings. The van der Waals surface area contributed by atoms with Gasteiger partial charge in [0.25, 0.3) is 5.91 Å². The van der Waals surface area contributed by atoms with Gasteiger partial charge < -0.3 is 0 Å². The number of hydrogen-bond donors (Lipinski definition) is 0. The molecule has 3 atom stereocenters. The van der Waals surface area contributed by atoms with Gasteiger partial charge in [-0.05, 0) is 42.5 Å². The van der Waals surface area contributed by atoms with Crippen LogP contribution in [0.3, 0.4) is 0 Å². The predicted octanol–water partition coefficient (Wildman–Crippen LogP) is 6.25. The summed E-state index contributed by atoms with van der Waals surface area (Å²) in [6.07, 6.45) is -1.04. The fourth-order valence-corrected chi connectivity index (χ4v) is 5.27. The van der Waals surface area contributed by atoms with Crippen molar-refractivity contribution in [1.82, 2.24) is 4.98 Å². The summed E-state index contributed by atoms with van der Waals surface area (Å²) in [5, 5.41) is 3.27. The highest BCUT2D eigenvalue weighted by Crippen LogP contribution is 2.49.